The van der Waals surface area contributed by atoms with Gasteiger partial charge in [-0.15, -0.1) is 0 Å². The fourth-order valence-electron chi connectivity index (χ4n) is 3.97. The second-order valence-electron chi connectivity index (χ2n) is 8.30. The molecule has 3 aromatic heterocycles. The predicted molar refractivity (Wildman–Crippen MR) is 136 cm³/mol. The Kier molecular flexibility index (Phi) is 6.38. The lowest BCUT2D eigenvalue weighted by Crippen LogP contribution is -2.11. The summed E-state index contributed by atoms with van der Waals surface area (Å²) < 4.78 is 5.54. The van der Waals surface area contributed by atoms with Gasteiger partial charge in [0.05, 0.1) is 39.9 Å². The zero-order valence-electron chi connectivity index (χ0n) is 19.6. The Morgan fingerprint density at radius 1 is 1.03 bits per heavy atom. The van der Waals surface area contributed by atoms with Gasteiger partial charge in [0.15, 0.2) is 0 Å². The first-order valence-corrected chi connectivity index (χ1v) is 11.5. The molecular formula is C27H24N6O3. The Morgan fingerprint density at radius 2 is 1.89 bits per heavy atom. The minimum Gasteiger partial charge on any atom is -0.478 e. The van der Waals surface area contributed by atoms with Gasteiger partial charge < -0.3 is 20.6 Å². The van der Waals surface area contributed by atoms with Crippen LogP contribution in [0.3, 0.4) is 0 Å². The summed E-state index contributed by atoms with van der Waals surface area (Å²) in [7, 11) is 0. The van der Waals surface area contributed by atoms with Crippen molar-refractivity contribution in [3.05, 3.63) is 89.5 Å². The van der Waals surface area contributed by atoms with Gasteiger partial charge >= 0.3 is 5.97 Å². The average molecular weight is 481 g/mol. The van der Waals surface area contributed by atoms with E-state index in [4.69, 9.17) is 15.5 Å². The van der Waals surface area contributed by atoms with Crippen molar-refractivity contribution in [2.45, 2.75) is 13.3 Å². The summed E-state index contributed by atoms with van der Waals surface area (Å²) in [5.41, 5.74) is 12.0. The number of aryl methyl sites for hydroxylation is 1. The van der Waals surface area contributed by atoms with Crippen molar-refractivity contribution in [3.8, 4) is 28.5 Å². The number of pyridine rings is 1. The Morgan fingerprint density at radius 3 is 2.69 bits per heavy atom. The molecule has 3 heterocycles. The maximum Gasteiger partial charge on any atom is 0.335 e. The lowest BCUT2D eigenvalue weighted by Gasteiger charge is -2.07. The van der Waals surface area contributed by atoms with Crippen molar-refractivity contribution >= 4 is 17.0 Å². The molecular weight excluding hydrogens is 456 g/mol. The van der Waals surface area contributed by atoms with Crippen molar-refractivity contribution < 1.29 is 14.6 Å². The van der Waals surface area contributed by atoms with E-state index in [-0.39, 0.29) is 5.56 Å². The number of nitrogens with one attached hydrogen (secondary N) is 1. The highest BCUT2D eigenvalue weighted by molar-refractivity contribution is 5.88. The summed E-state index contributed by atoms with van der Waals surface area (Å²) in [5.74, 6) is 0.137. The van der Waals surface area contributed by atoms with Gasteiger partial charge in [0.25, 0.3) is 0 Å². The SMILES string of the molecule is Cc1cccc(-c2[nH]c(Cc3cccc(C(=O)O)c3)nc2-c2ccc3ncc(OCCN)nc3c2)n1. The molecule has 2 aromatic carbocycles. The lowest BCUT2D eigenvalue weighted by atomic mass is 10.1. The number of carboxylic acid groups (broad SMARTS) is 1. The van der Waals surface area contributed by atoms with Gasteiger partial charge in [-0.05, 0) is 48.9 Å². The predicted octanol–water partition coefficient (Wildman–Crippen LogP) is 4.02. The van der Waals surface area contributed by atoms with E-state index < -0.39 is 5.97 Å². The highest BCUT2D eigenvalue weighted by atomic mass is 16.5. The second kappa shape index (κ2) is 9.93. The number of ether oxygens (including phenoxy) is 1. The first-order valence-electron chi connectivity index (χ1n) is 11.5. The molecule has 0 aliphatic rings. The molecule has 180 valence electrons. The molecule has 0 unspecified atom stereocenters. The van der Waals surface area contributed by atoms with E-state index in [0.29, 0.717) is 36.8 Å². The fraction of sp³-hybridized carbons (Fsp3) is 0.148. The Balaban J connectivity index is 1.58. The van der Waals surface area contributed by atoms with Crippen LogP contribution in [-0.4, -0.2) is 49.1 Å². The standard InChI is InChI=1S/C27H24N6O3/c1-16-4-2-7-21(30-16)26-25(32-23(33-26)13-17-5-3-6-19(12-17)27(34)35)18-8-9-20-22(14-18)31-24(15-29-20)36-11-10-28/h2-9,12,14-15H,10-11,13,28H2,1H3,(H,32,33)(H,34,35). The van der Waals surface area contributed by atoms with Crippen LogP contribution in [-0.2, 0) is 6.42 Å². The number of benzene rings is 2. The molecule has 9 heteroatoms. The van der Waals surface area contributed by atoms with E-state index in [1.165, 1.54) is 0 Å². The van der Waals surface area contributed by atoms with Gasteiger partial charge in [0.1, 0.15) is 12.4 Å². The number of aromatic nitrogens is 5. The Bertz CT molecular complexity index is 1560. The van der Waals surface area contributed by atoms with Crippen LogP contribution in [0.25, 0.3) is 33.7 Å². The molecule has 0 saturated heterocycles. The molecule has 0 fully saturated rings. The first kappa shape index (κ1) is 23.1. The fourth-order valence-corrected chi connectivity index (χ4v) is 3.97. The van der Waals surface area contributed by atoms with E-state index in [1.807, 2.05) is 49.4 Å². The number of fused-ring (bicyclic) bond motifs is 1. The summed E-state index contributed by atoms with van der Waals surface area (Å²) in [4.78, 5) is 33.4. The molecule has 0 bridgehead atoms. The first-order chi connectivity index (χ1) is 17.5. The van der Waals surface area contributed by atoms with E-state index in [0.717, 1.165) is 39.4 Å². The third kappa shape index (κ3) is 4.91. The summed E-state index contributed by atoms with van der Waals surface area (Å²) in [6.45, 7) is 2.68. The molecule has 0 aliphatic carbocycles. The molecule has 0 atom stereocenters. The van der Waals surface area contributed by atoms with E-state index in [1.54, 1.807) is 24.4 Å². The number of carboxylic acids is 1. The molecule has 5 aromatic rings. The molecule has 0 radical (unpaired) electrons. The van der Waals surface area contributed by atoms with Crippen LogP contribution in [0.1, 0.15) is 27.4 Å². The van der Waals surface area contributed by atoms with Gasteiger partial charge in [-0.2, -0.15) is 0 Å². The number of hydrogen-bond donors (Lipinski definition) is 3. The molecule has 36 heavy (non-hydrogen) atoms. The monoisotopic (exact) mass is 480 g/mol. The number of aromatic amines is 1. The van der Waals surface area contributed by atoms with Gasteiger partial charge in [-0.25, -0.2) is 19.7 Å². The van der Waals surface area contributed by atoms with Crippen molar-refractivity contribution in [3.63, 3.8) is 0 Å². The topological polar surface area (TPSA) is 140 Å². The molecule has 9 nitrogen and oxygen atoms in total. The van der Waals surface area contributed by atoms with Crippen LogP contribution >= 0.6 is 0 Å². The number of rotatable bonds is 8. The molecule has 0 spiro atoms. The van der Waals surface area contributed by atoms with Crippen LogP contribution in [0.4, 0.5) is 0 Å². The Labute approximate surface area is 207 Å². The summed E-state index contributed by atoms with van der Waals surface area (Å²) >= 11 is 0. The maximum atomic E-state index is 11.4. The highest BCUT2D eigenvalue weighted by Crippen LogP contribution is 2.31. The highest BCUT2D eigenvalue weighted by Gasteiger charge is 2.17. The average Bonchev–Trinajstić information content (AvgIpc) is 3.31. The van der Waals surface area contributed by atoms with Crippen LogP contribution in [0.2, 0.25) is 0 Å². The number of nitrogens with two attached hydrogens (primary N) is 1. The van der Waals surface area contributed by atoms with Crippen LogP contribution in [0, 0.1) is 6.92 Å². The summed E-state index contributed by atoms with van der Waals surface area (Å²) in [6.07, 6.45) is 2.02. The molecule has 5 rings (SSSR count). The molecule has 0 amide bonds. The van der Waals surface area contributed by atoms with Crippen LogP contribution < -0.4 is 10.5 Å². The van der Waals surface area contributed by atoms with Gasteiger partial charge in [-0.1, -0.05) is 24.3 Å². The molecule has 0 saturated carbocycles. The maximum absolute atomic E-state index is 11.4. The van der Waals surface area contributed by atoms with Gasteiger partial charge in [0.2, 0.25) is 5.88 Å². The quantitative estimate of drug-likeness (QED) is 0.303. The smallest absolute Gasteiger partial charge is 0.335 e. The van der Waals surface area contributed by atoms with Crippen molar-refractivity contribution in [2.75, 3.05) is 13.2 Å². The summed E-state index contributed by atoms with van der Waals surface area (Å²) in [5, 5.41) is 9.34. The van der Waals surface area contributed by atoms with E-state index >= 15 is 0 Å². The zero-order valence-corrected chi connectivity index (χ0v) is 19.6. The Hall–Kier alpha value is -4.63. The van der Waals surface area contributed by atoms with E-state index in [9.17, 15) is 9.90 Å². The molecule has 4 N–H and O–H groups in total. The zero-order chi connectivity index (χ0) is 25.1. The third-order valence-electron chi connectivity index (χ3n) is 5.60. The molecule has 0 aliphatic heterocycles. The number of H-pyrrole nitrogens is 1. The lowest BCUT2D eigenvalue weighted by molar-refractivity contribution is 0.0696. The number of carbonyl (C=O) groups is 1. The van der Waals surface area contributed by atoms with Gasteiger partial charge in [0, 0.05) is 24.2 Å². The minimum absolute atomic E-state index is 0.237. The number of imidazole rings is 1. The number of nitrogens with zero attached hydrogens (tertiary/aromatic N) is 4. The van der Waals surface area contributed by atoms with E-state index in [2.05, 4.69) is 19.9 Å². The van der Waals surface area contributed by atoms with Crippen molar-refractivity contribution in [1.29, 1.82) is 0 Å². The van der Waals surface area contributed by atoms with Gasteiger partial charge in [-0.3, -0.25) is 4.98 Å². The van der Waals surface area contributed by atoms with Crippen LogP contribution in [0.5, 0.6) is 5.88 Å². The normalized spacial score (nSPS) is 11.1. The largest absolute Gasteiger partial charge is 0.478 e. The second-order valence-corrected chi connectivity index (χ2v) is 8.30. The summed E-state index contributed by atoms with van der Waals surface area (Å²) in [6, 6.07) is 18.4. The van der Waals surface area contributed by atoms with Crippen molar-refractivity contribution in [1.82, 2.24) is 24.9 Å². The third-order valence-corrected chi connectivity index (χ3v) is 5.60. The number of aromatic carboxylic acids is 1. The van der Waals surface area contributed by atoms with Crippen LogP contribution in [0.15, 0.2) is 66.9 Å². The number of hydrogen-bond acceptors (Lipinski definition) is 7. The van der Waals surface area contributed by atoms with Crippen molar-refractivity contribution in [2.24, 2.45) is 5.73 Å². The minimum atomic E-state index is -0.964.